The summed E-state index contributed by atoms with van der Waals surface area (Å²) in [5.41, 5.74) is 0.506. The van der Waals surface area contributed by atoms with Crippen molar-refractivity contribution in [1.82, 2.24) is 0 Å². The fourth-order valence-electron chi connectivity index (χ4n) is 3.10. The van der Waals surface area contributed by atoms with Crippen LogP contribution in [0.1, 0.15) is 53.4 Å². The number of rotatable bonds is 13. The summed E-state index contributed by atoms with van der Waals surface area (Å²) in [6, 6.07) is 16.3. The number of thioether (sulfide) groups is 1. The molecule has 166 valence electrons. The van der Waals surface area contributed by atoms with Gasteiger partial charge in [0.05, 0.1) is 13.2 Å². The van der Waals surface area contributed by atoms with E-state index in [4.69, 9.17) is 14.6 Å². The largest absolute Gasteiger partial charge is 0.494 e. The molecule has 0 atom stereocenters. The van der Waals surface area contributed by atoms with Crippen LogP contribution in [-0.4, -0.2) is 19.5 Å². The van der Waals surface area contributed by atoms with Gasteiger partial charge in [0.2, 0.25) is 0 Å². The zero-order valence-corrected chi connectivity index (χ0v) is 20.7. The quantitative estimate of drug-likeness (QED) is 0.255. The van der Waals surface area contributed by atoms with Gasteiger partial charge in [0.25, 0.3) is 0 Å². The van der Waals surface area contributed by atoms with Gasteiger partial charge in [-0.1, -0.05) is 27.7 Å². The normalized spacial score (nSPS) is 12.1. The van der Waals surface area contributed by atoms with Crippen molar-refractivity contribution in [2.24, 2.45) is 16.0 Å². The molecular weight excluding hydrogens is 410 g/mol. The van der Waals surface area contributed by atoms with Crippen LogP contribution in [0.15, 0.2) is 58.3 Å². The average molecular weight is 448 g/mol. The third-order valence-corrected chi connectivity index (χ3v) is 6.88. The first kappa shape index (κ1) is 25.0. The standard InChI is InChI=1S/C25H37NO2S2/c1-24(2,16-18-27-20-6-10-22(29-5)11-7-20)14-15-25(3,4)17-19-28-21-8-12-23(30-26)13-9-21/h6-13H,14-19,26H2,1-5H3. The molecule has 0 radical (unpaired) electrons. The molecule has 0 amide bonds. The van der Waals surface area contributed by atoms with E-state index in [0.29, 0.717) is 0 Å². The molecule has 0 fully saturated rings. The molecule has 0 heterocycles. The van der Waals surface area contributed by atoms with E-state index >= 15 is 0 Å². The monoisotopic (exact) mass is 447 g/mol. The molecule has 0 spiro atoms. The predicted octanol–water partition coefficient (Wildman–Crippen LogP) is 7.44. The minimum Gasteiger partial charge on any atom is -0.494 e. The second-order valence-electron chi connectivity index (χ2n) is 9.29. The molecule has 0 aliphatic heterocycles. The zero-order valence-electron chi connectivity index (χ0n) is 19.1. The molecule has 5 heteroatoms. The first-order chi connectivity index (χ1) is 14.2. The van der Waals surface area contributed by atoms with E-state index in [9.17, 15) is 0 Å². The fraction of sp³-hybridized carbons (Fsp3) is 0.520. The Morgan fingerprint density at radius 2 is 1.07 bits per heavy atom. The van der Waals surface area contributed by atoms with Gasteiger partial charge in [-0.15, -0.1) is 11.8 Å². The molecule has 2 aromatic rings. The van der Waals surface area contributed by atoms with E-state index in [-0.39, 0.29) is 10.8 Å². The first-order valence-electron chi connectivity index (χ1n) is 10.6. The van der Waals surface area contributed by atoms with Gasteiger partial charge >= 0.3 is 0 Å². The topological polar surface area (TPSA) is 44.5 Å². The molecule has 0 aliphatic rings. The Hall–Kier alpha value is -1.30. The molecular formula is C25H37NO2S2. The first-order valence-corrected chi connectivity index (χ1v) is 12.7. The molecule has 0 saturated carbocycles. The molecule has 3 nitrogen and oxygen atoms in total. The molecule has 0 unspecified atom stereocenters. The van der Waals surface area contributed by atoms with Gasteiger partial charge < -0.3 is 9.47 Å². The summed E-state index contributed by atoms with van der Waals surface area (Å²) in [7, 11) is 0. The van der Waals surface area contributed by atoms with Crippen LogP contribution in [0.5, 0.6) is 11.5 Å². The maximum absolute atomic E-state index is 5.97. The van der Waals surface area contributed by atoms with Gasteiger partial charge in [0.1, 0.15) is 11.5 Å². The Morgan fingerprint density at radius 1 is 0.667 bits per heavy atom. The second-order valence-corrected chi connectivity index (χ2v) is 10.9. The minimum absolute atomic E-state index is 0.249. The summed E-state index contributed by atoms with van der Waals surface area (Å²) < 4.78 is 11.9. The highest BCUT2D eigenvalue weighted by molar-refractivity contribution is 7.98. The second kappa shape index (κ2) is 11.9. The molecule has 2 rings (SSSR count). The maximum Gasteiger partial charge on any atom is 0.119 e. The molecule has 2 aromatic carbocycles. The molecule has 0 aromatic heterocycles. The van der Waals surface area contributed by atoms with Crippen molar-refractivity contribution >= 4 is 23.7 Å². The van der Waals surface area contributed by atoms with E-state index in [2.05, 4.69) is 58.2 Å². The number of hydrogen-bond acceptors (Lipinski definition) is 5. The Balaban J connectivity index is 1.68. The van der Waals surface area contributed by atoms with Crippen LogP contribution in [-0.2, 0) is 0 Å². The number of benzene rings is 2. The molecule has 0 bridgehead atoms. The lowest BCUT2D eigenvalue weighted by Crippen LogP contribution is -2.22. The summed E-state index contributed by atoms with van der Waals surface area (Å²) in [4.78, 5) is 2.31. The minimum atomic E-state index is 0.249. The van der Waals surface area contributed by atoms with E-state index in [1.807, 2.05) is 24.3 Å². The van der Waals surface area contributed by atoms with Gasteiger partial charge in [-0.05, 0) is 103 Å². The summed E-state index contributed by atoms with van der Waals surface area (Å²) in [5.74, 6) is 1.87. The summed E-state index contributed by atoms with van der Waals surface area (Å²) in [6.45, 7) is 10.9. The number of ether oxygens (including phenoxy) is 2. The highest BCUT2D eigenvalue weighted by Gasteiger charge is 2.24. The lowest BCUT2D eigenvalue weighted by atomic mass is 9.76. The zero-order chi connectivity index (χ0) is 22.0. The van der Waals surface area contributed by atoms with Crippen molar-refractivity contribution in [3.8, 4) is 11.5 Å². The highest BCUT2D eigenvalue weighted by atomic mass is 32.2. The van der Waals surface area contributed by atoms with Gasteiger partial charge in [0, 0.05) is 9.79 Å². The molecule has 30 heavy (non-hydrogen) atoms. The highest BCUT2D eigenvalue weighted by Crippen LogP contribution is 2.35. The van der Waals surface area contributed by atoms with Gasteiger partial charge in [-0.25, -0.2) is 0 Å². The van der Waals surface area contributed by atoms with Crippen LogP contribution in [0, 0.1) is 10.8 Å². The van der Waals surface area contributed by atoms with Crippen LogP contribution in [0.3, 0.4) is 0 Å². The third-order valence-electron chi connectivity index (χ3n) is 5.59. The van der Waals surface area contributed by atoms with E-state index in [1.54, 1.807) is 11.8 Å². The Morgan fingerprint density at radius 3 is 1.43 bits per heavy atom. The van der Waals surface area contributed by atoms with Crippen molar-refractivity contribution < 1.29 is 9.47 Å². The fourth-order valence-corrected chi connectivity index (χ4v) is 3.80. The Kier molecular flexibility index (Phi) is 9.92. The lowest BCUT2D eigenvalue weighted by molar-refractivity contribution is 0.164. The third kappa shape index (κ3) is 9.23. The van der Waals surface area contributed by atoms with Crippen molar-refractivity contribution in [3.63, 3.8) is 0 Å². The van der Waals surface area contributed by atoms with Crippen LogP contribution >= 0.6 is 23.7 Å². The van der Waals surface area contributed by atoms with E-state index in [1.165, 1.54) is 29.7 Å². The van der Waals surface area contributed by atoms with E-state index in [0.717, 1.165) is 42.4 Å². The maximum atomic E-state index is 5.97. The van der Waals surface area contributed by atoms with Crippen LogP contribution < -0.4 is 14.6 Å². The average Bonchev–Trinajstić information content (AvgIpc) is 2.73. The summed E-state index contributed by atoms with van der Waals surface area (Å²) >= 11 is 3.00. The van der Waals surface area contributed by atoms with Gasteiger partial charge in [-0.2, -0.15) is 0 Å². The van der Waals surface area contributed by atoms with Crippen LogP contribution in [0.25, 0.3) is 0 Å². The van der Waals surface area contributed by atoms with Crippen molar-refractivity contribution in [1.29, 1.82) is 0 Å². The van der Waals surface area contributed by atoms with Gasteiger partial charge in [0.15, 0.2) is 0 Å². The van der Waals surface area contributed by atoms with Crippen molar-refractivity contribution in [2.45, 2.75) is 63.2 Å². The molecule has 0 saturated heterocycles. The van der Waals surface area contributed by atoms with Crippen LogP contribution in [0.2, 0.25) is 0 Å². The summed E-state index contributed by atoms with van der Waals surface area (Å²) in [6.07, 6.45) is 6.53. The molecule has 0 aliphatic carbocycles. The predicted molar refractivity (Wildman–Crippen MR) is 132 cm³/mol. The van der Waals surface area contributed by atoms with Crippen molar-refractivity contribution in [3.05, 3.63) is 48.5 Å². The lowest BCUT2D eigenvalue weighted by Gasteiger charge is -2.31. The van der Waals surface area contributed by atoms with Gasteiger partial charge in [-0.3, -0.25) is 5.14 Å². The smallest absolute Gasteiger partial charge is 0.119 e. The number of nitrogens with two attached hydrogens (primary N) is 1. The summed E-state index contributed by atoms with van der Waals surface area (Å²) in [5, 5.41) is 5.56. The van der Waals surface area contributed by atoms with Crippen molar-refractivity contribution in [2.75, 3.05) is 19.5 Å². The number of hydrogen-bond donors (Lipinski definition) is 1. The Labute approximate surface area is 191 Å². The molecule has 2 N–H and O–H groups in total. The van der Waals surface area contributed by atoms with E-state index < -0.39 is 0 Å². The Bertz CT molecular complexity index is 677. The van der Waals surface area contributed by atoms with Crippen LogP contribution in [0.4, 0.5) is 0 Å². The SMILES string of the molecule is CSc1ccc(OCCC(C)(C)CCC(C)(C)CCOc2ccc(SN)cc2)cc1.